The molecule has 0 aromatic heterocycles. The average Bonchev–Trinajstić information content (AvgIpc) is 2.73. The number of ether oxygens (including phenoxy) is 2. The standard InChI is InChI=1S/C25H24O4/c1-4-24(26)28-13-7-6-8-18-9-11-22-21-12-10-20(29-25(27)5-2)16-19(21)14-17(3)23(22)15-18/h4-5,9-12,14-16H,1-2,6-8,13H2,3H3. The molecule has 0 saturated heterocycles. The van der Waals surface area contributed by atoms with Crippen LogP contribution in [-0.4, -0.2) is 18.5 Å². The van der Waals surface area contributed by atoms with Crippen molar-refractivity contribution in [1.82, 2.24) is 0 Å². The topological polar surface area (TPSA) is 52.6 Å². The van der Waals surface area contributed by atoms with E-state index in [0.717, 1.165) is 36.1 Å². The molecule has 0 amide bonds. The Hall–Kier alpha value is -3.40. The van der Waals surface area contributed by atoms with E-state index in [4.69, 9.17) is 9.47 Å². The van der Waals surface area contributed by atoms with Crippen molar-refractivity contribution in [3.63, 3.8) is 0 Å². The summed E-state index contributed by atoms with van der Waals surface area (Å²) in [7, 11) is 0. The van der Waals surface area contributed by atoms with Gasteiger partial charge in [-0.25, -0.2) is 9.59 Å². The molecule has 29 heavy (non-hydrogen) atoms. The van der Waals surface area contributed by atoms with Crippen LogP contribution in [-0.2, 0) is 20.7 Å². The van der Waals surface area contributed by atoms with Crippen LogP contribution in [0.2, 0.25) is 0 Å². The van der Waals surface area contributed by atoms with Gasteiger partial charge >= 0.3 is 11.9 Å². The van der Waals surface area contributed by atoms with Gasteiger partial charge in [-0.1, -0.05) is 43.5 Å². The molecule has 0 heterocycles. The molecular formula is C25H24O4. The fourth-order valence-corrected chi connectivity index (χ4v) is 3.41. The molecule has 0 radical (unpaired) electrons. The summed E-state index contributed by atoms with van der Waals surface area (Å²) in [5.41, 5.74) is 2.42. The number of carbonyl (C=O) groups excluding carboxylic acids is 2. The van der Waals surface area contributed by atoms with Gasteiger partial charge in [-0.3, -0.25) is 0 Å². The molecule has 148 valence electrons. The number of fused-ring (bicyclic) bond motifs is 3. The van der Waals surface area contributed by atoms with Gasteiger partial charge in [0.25, 0.3) is 0 Å². The number of benzene rings is 3. The smallest absolute Gasteiger partial charge is 0.335 e. The molecular weight excluding hydrogens is 364 g/mol. The Bertz CT molecular complexity index is 1090. The molecule has 0 aliphatic rings. The zero-order chi connectivity index (χ0) is 20.8. The second-order valence-electron chi connectivity index (χ2n) is 6.91. The number of carbonyl (C=O) groups is 2. The minimum Gasteiger partial charge on any atom is -0.463 e. The lowest BCUT2D eigenvalue weighted by Crippen LogP contribution is -2.02. The van der Waals surface area contributed by atoms with Crippen LogP contribution in [0.3, 0.4) is 0 Å². The predicted octanol–water partition coefficient (Wildman–Crippen LogP) is 5.44. The summed E-state index contributed by atoms with van der Waals surface area (Å²) in [6.07, 6.45) is 5.03. The molecule has 0 N–H and O–H groups in total. The van der Waals surface area contributed by atoms with Gasteiger partial charge in [0.1, 0.15) is 5.75 Å². The number of hydrogen-bond donors (Lipinski definition) is 0. The van der Waals surface area contributed by atoms with Crippen molar-refractivity contribution in [1.29, 1.82) is 0 Å². The minimum atomic E-state index is -0.467. The van der Waals surface area contributed by atoms with Gasteiger partial charge < -0.3 is 9.47 Å². The van der Waals surface area contributed by atoms with Crippen LogP contribution in [0.4, 0.5) is 0 Å². The highest BCUT2D eigenvalue weighted by molar-refractivity contribution is 6.09. The van der Waals surface area contributed by atoms with Crippen LogP contribution in [0.25, 0.3) is 21.5 Å². The number of unbranched alkanes of at least 4 members (excludes halogenated alkanes) is 1. The average molecular weight is 388 g/mol. The Kier molecular flexibility index (Phi) is 6.45. The first-order valence-corrected chi connectivity index (χ1v) is 9.61. The Morgan fingerprint density at radius 3 is 2.41 bits per heavy atom. The van der Waals surface area contributed by atoms with Crippen LogP contribution in [0.15, 0.2) is 67.8 Å². The lowest BCUT2D eigenvalue weighted by Gasteiger charge is -2.11. The monoisotopic (exact) mass is 388 g/mol. The van der Waals surface area contributed by atoms with Gasteiger partial charge in [0.2, 0.25) is 0 Å². The summed E-state index contributed by atoms with van der Waals surface area (Å²) in [5.74, 6) is -0.332. The number of rotatable bonds is 8. The van der Waals surface area contributed by atoms with E-state index in [1.54, 1.807) is 6.07 Å². The van der Waals surface area contributed by atoms with E-state index in [-0.39, 0.29) is 5.97 Å². The second kappa shape index (κ2) is 9.20. The maximum absolute atomic E-state index is 11.4. The third-order valence-electron chi connectivity index (χ3n) is 4.85. The third-order valence-corrected chi connectivity index (χ3v) is 4.85. The lowest BCUT2D eigenvalue weighted by molar-refractivity contribution is -0.137. The molecule has 4 heteroatoms. The molecule has 0 bridgehead atoms. The first kappa shape index (κ1) is 20.3. The zero-order valence-corrected chi connectivity index (χ0v) is 16.6. The summed E-state index contributed by atoms with van der Waals surface area (Å²) >= 11 is 0. The summed E-state index contributed by atoms with van der Waals surface area (Å²) in [5, 5.41) is 4.53. The maximum atomic E-state index is 11.4. The molecule has 0 saturated carbocycles. The van der Waals surface area contributed by atoms with E-state index in [1.165, 1.54) is 28.0 Å². The van der Waals surface area contributed by atoms with Crippen molar-refractivity contribution >= 4 is 33.5 Å². The summed E-state index contributed by atoms with van der Waals surface area (Å²) in [6, 6.07) is 14.3. The molecule has 0 aliphatic heterocycles. The second-order valence-corrected chi connectivity index (χ2v) is 6.91. The van der Waals surface area contributed by atoms with Crippen molar-refractivity contribution in [2.45, 2.75) is 26.2 Å². The molecule has 3 rings (SSSR count). The number of aryl methyl sites for hydroxylation is 2. The number of hydrogen-bond acceptors (Lipinski definition) is 4. The molecule has 3 aromatic rings. The Labute approximate surface area is 170 Å². The SMILES string of the molecule is C=CC(=O)OCCCCc1ccc2c(c1)c(C)cc1cc(OC(=O)C=C)ccc12. The zero-order valence-electron chi connectivity index (χ0n) is 16.6. The molecule has 0 atom stereocenters. The van der Waals surface area contributed by atoms with Crippen LogP contribution in [0, 0.1) is 6.92 Å². The number of esters is 2. The van der Waals surface area contributed by atoms with E-state index in [9.17, 15) is 9.59 Å². The molecule has 0 aliphatic carbocycles. The maximum Gasteiger partial charge on any atom is 0.335 e. The highest BCUT2D eigenvalue weighted by Crippen LogP contribution is 2.32. The van der Waals surface area contributed by atoms with Gasteiger partial charge in [0, 0.05) is 12.2 Å². The minimum absolute atomic E-state index is 0.374. The van der Waals surface area contributed by atoms with Crippen molar-refractivity contribution in [2.24, 2.45) is 0 Å². The first-order chi connectivity index (χ1) is 14.0. The molecule has 4 nitrogen and oxygen atoms in total. The van der Waals surface area contributed by atoms with Gasteiger partial charge in [-0.2, -0.15) is 0 Å². The predicted molar refractivity (Wildman–Crippen MR) is 116 cm³/mol. The fraction of sp³-hybridized carbons (Fsp3) is 0.200. The normalized spacial score (nSPS) is 10.7. The molecule has 0 unspecified atom stereocenters. The Morgan fingerprint density at radius 1 is 0.897 bits per heavy atom. The highest BCUT2D eigenvalue weighted by atomic mass is 16.5. The van der Waals surface area contributed by atoms with Crippen LogP contribution in [0.5, 0.6) is 5.75 Å². The summed E-state index contributed by atoms with van der Waals surface area (Å²) < 4.78 is 10.2. The van der Waals surface area contributed by atoms with Crippen molar-refractivity contribution in [3.05, 3.63) is 78.9 Å². The largest absolute Gasteiger partial charge is 0.463 e. The van der Waals surface area contributed by atoms with Crippen LogP contribution in [0.1, 0.15) is 24.0 Å². The lowest BCUT2D eigenvalue weighted by atomic mass is 9.95. The van der Waals surface area contributed by atoms with Gasteiger partial charge in [0.15, 0.2) is 0 Å². The Morgan fingerprint density at radius 2 is 1.66 bits per heavy atom. The summed E-state index contributed by atoms with van der Waals surface area (Å²) in [4.78, 5) is 22.5. The van der Waals surface area contributed by atoms with Crippen molar-refractivity contribution in [2.75, 3.05) is 6.61 Å². The molecule has 0 spiro atoms. The third kappa shape index (κ3) is 4.91. The van der Waals surface area contributed by atoms with Crippen LogP contribution < -0.4 is 4.74 Å². The van der Waals surface area contributed by atoms with Crippen molar-refractivity contribution in [3.8, 4) is 5.75 Å². The quantitative estimate of drug-likeness (QED) is 0.169. The molecule has 3 aromatic carbocycles. The van der Waals surface area contributed by atoms with E-state index >= 15 is 0 Å². The van der Waals surface area contributed by atoms with E-state index < -0.39 is 5.97 Å². The fourth-order valence-electron chi connectivity index (χ4n) is 3.41. The molecule has 0 fully saturated rings. The summed E-state index contributed by atoms with van der Waals surface area (Å²) in [6.45, 7) is 9.32. The van der Waals surface area contributed by atoms with Gasteiger partial charge in [-0.05, 0) is 71.0 Å². The first-order valence-electron chi connectivity index (χ1n) is 9.61. The van der Waals surface area contributed by atoms with Gasteiger partial charge in [0.05, 0.1) is 6.61 Å². The highest BCUT2D eigenvalue weighted by Gasteiger charge is 2.08. The van der Waals surface area contributed by atoms with E-state index in [1.807, 2.05) is 12.1 Å². The van der Waals surface area contributed by atoms with Crippen molar-refractivity contribution < 1.29 is 19.1 Å². The van der Waals surface area contributed by atoms with E-state index in [2.05, 4.69) is 44.3 Å². The van der Waals surface area contributed by atoms with Crippen LogP contribution >= 0.6 is 0 Å². The Balaban J connectivity index is 1.79. The van der Waals surface area contributed by atoms with Gasteiger partial charge in [-0.15, -0.1) is 0 Å². The van der Waals surface area contributed by atoms with E-state index in [0.29, 0.717) is 12.4 Å².